The van der Waals surface area contributed by atoms with E-state index in [0.717, 1.165) is 11.1 Å². The van der Waals surface area contributed by atoms with E-state index in [0.29, 0.717) is 18.9 Å². The van der Waals surface area contributed by atoms with Crippen molar-refractivity contribution in [3.8, 4) is 0 Å². The van der Waals surface area contributed by atoms with Crippen LogP contribution in [-0.2, 0) is 21.1 Å². The zero-order chi connectivity index (χ0) is 12.8. The molecular weight excluding hydrogens is 224 g/mol. The number of hydrogen-bond donors (Lipinski definition) is 1. The van der Waals surface area contributed by atoms with Crippen LogP contribution in [0.5, 0.6) is 0 Å². The summed E-state index contributed by atoms with van der Waals surface area (Å²) in [7, 11) is 0. The molecule has 17 heavy (non-hydrogen) atoms. The first-order chi connectivity index (χ1) is 8.11. The van der Waals surface area contributed by atoms with Crippen LogP contribution >= 0.6 is 0 Å². The van der Waals surface area contributed by atoms with Crippen molar-refractivity contribution in [3.63, 3.8) is 0 Å². The molecule has 1 aromatic heterocycles. The van der Waals surface area contributed by atoms with E-state index in [2.05, 4.69) is 0 Å². The van der Waals surface area contributed by atoms with E-state index in [4.69, 9.17) is 20.4 Å². The lowest BCUT2D eigenvalue weighted by Gasteiger charge is -2.04. The van der Waals surface area contributed by atoms with Crippen LogP contribution in [0.2, 0.25) is 0 Å². The fourth-order valence-corrected chi connectivity index (χ4v) is 1.47. The number of carbonyl (C=O) groups excluding carboxylic acids is 1. The van der Waals surface area contributed by atoms with Gasteiger partial charge in [0, 0.05) is 11.8 Å². The van der Waals surface area contributed by atoms with Crippen molar-refractivity contribution in [1.82, 2.24) is 4.68 Å². The number of aromatic nitrogens is 1. The van der Waals surface area contributed by atoms with E-state index < -0.39 is 5.97 Å². The van der Waals surface area contributed by atoms with Crippen LogP contribution in [0.25, 0.3) is 0 Å². The Hall–Kier alpha value is -1.53. The van der Waals surface area contributed by atoms with Crippen molar-refractivity contribution >= 4 is 5.97 Å². The minimum atomic E-state index is -0.435. The van der Waals surface area contributed by atoms with Gasteiger partial charge in [-0.3, -0.25) is 4.68 Å². The molecule has 96 valence electrons. The van der Waals surface area contributed by atoms with Crippen LogP contribution in [0.4, 0.5) is 0 Å². The molecule has 0 aromatic carbocycles. The molecule has 0 unspecified atom stereocenters. The predicted octanol–water partition coefficient (Wildman–Crippen LogP) is 1.16. The number of nitrogens with zero attached hydrogens (tertiary/aromatic N) is 1. The highest BCUT2D eigenvalue weighted by Gasteiger charge is 2.19. The molecule has 0 aliphatic heterocycles. The molecule has 0 aliphatic rings. The highest BCUT2D eigenvalue weighted by Crippen LogP contribution is 2.17. The molecule has 0 radical (unpaired) electrons. The zero-order valence-corrected chi connectivity index (χ0v) is 10.4. The molecule has 2 N–H and O–H groups in total. The molecule has 1 heterocycles. The summed E-state index contributed by atoms with van der Waals surface area (Å²) in [6.45, 7) is 6.39. The second-order valence-electron chi connectivity index (χ2n) is 3.42. The van der Waals surface area contributed by atoms with Crippen LogP contribution in [-0.4, -0.2) is 23.9 Å². The van der Waals surface area contributed by atoms with Crippen LogP contribution in [0.1, 0.15) is 35.5 Å². The Bertz CT molecular complexity index is 387. The van der Waals surface area contributed by atoms with Gasteiger partial charge >= 0.3 is 5.97 Å². The molecule has 0 saturated heterocycles. The van der Waals surface area contributed by atoms with Gasteiger partial charge in [0.1, 0.15) is 6.61 Å². The van der Waals surface area contributed by atoms with E-state index in [9.17, 15) is 4.79 Å². The zero-order valence-electron chi connectivity index (χ0n) is 10.4. The summed E-state index contributed by atoms with van der Waals surface area (Å²) in [4.78, 5) is 21.4. The van der Waals surface area contributed by atoms with E-state index in [1.54, 1.807) is 20.0 Å². The van der Waals surface area contributed by atoms with E-state index in [1.165, 1.54) is 4.68 Å². The third-order valence-electron chi connectivity index (χ3n) is 2.27. The van der Waals surface area contributed by atoms with Gasteiger partial charge in [0.15, 0.2) is 5.69 Å². The number of rotatable bonds is 6. The number of esters is 1. The van der Waals surface area contributed by atoms with Crippen molar-refractivity contribution < 1.29 is 19.3 Å². The molecule has 6 heteroatoms. The van der Waals surface area contributed by atoms with Gasteiger partial charge in [0.2, 0.25) is 0 Å². The quantitative estimate of drug-likeness (QED) is 0.266. The number of ether oxygens (including phenoxy) is 1. The lowest BCUT2D eigenvalue weighted by atomic mass is 10.2. The van der Waals surface area contributed by atoms with E-state index >= 15 is 0 Å². The molecular formula is C11H18N2O4. The number of nitrogens with two attached hydrogens (primary N) is 1. The van der Waals surface area contributed by atoms with E-state index in [-0.39, 0.29) is 6.61 Å². The maximum absolute atomic E-state index is 11.6. The predicted molar refractivity (Wildman–Crippen MR) is 61.7 cm³/mol. The third kappa shape index (κ3) is 3.21. The SMILES string of the molecule is CCOOCc1cn(N)c(C(=O)OCC)c1C. The van der Waals surface area contributed by atoms with Crippen molar-refractivity contribution in [2.45, 2.75) is 27.4 Å². The molecule has 0 saturated carbocycles. The summed E-state index contributed by atoms with van der Waals surface area (Å²) in [5.41, 5.74) is 1.87. The highest BCUT2D eigenvalue weighted by atomic mass is 17.2. The summed E-state index contributed by atoms with van der Waals surface area (Å²) < 4.78 is 6.16. The minimum Gasteiger partial charge on any atom is -0.461 e. The second kappa shape index (κ2) is 6.27. The standard InChI is InChI=1S/C11H18N2O4/c1-4-15-11(14)10-8(3)9(6-13(10)12)7-17-16-5-2/h6H,4-5,7,12H2,1-3H3. The van der Waals surface area contributed by atoms with Gasteiger partial charge in [-0.1, -0.05) is 0 Å². The van der Waals surface area contributed by atoms with Gasteiger partial charge in [-0.25, -0.2) is 14.6 Å². The summed E-state index contributed by atoms with van der Waals surface area (Å²) in [5.74, 6) is 5.26. The summed E-state index contributed by atoms with van der Waals surface area (Å²) in [5, 5.41) is 0. The molecule has 0 atom stereocenters. The molecule has 0 aliphatic carbocycles. The van der Waals surface area contributed by atoms with E-state index in [1.807, 2.05) is 6.92 Å². The Morgan fingerprint density at radius 2 is 2.06 bits per heavy atom. The molecule has 0 fully saturated rings. The first kappa shape index (κ1) is 13.5. The Balaban J connectivity index is 2.82. The van der Waals surface area contributed by atoms with Gasteiger partial charge in [0.05, 0.1) is 13.2 Å². The second-order valence-corrected chi connectivity index (χ2v) is 3.42. The van der Waals surface area contributed by atoms with Crippen LogP contribution in [0.3, 0.4) is 0 Å². The molecule has 0 bridgehead atoms. The number of hydrogen-bond acceptors (Lipinski definition) is 5. The van der Waals surface area contributed by atoms with Gasteiger partial charge in [-0.2, -0.15) is 0 Å². The monoisotopic (exact) mass is 242 g/mol. The average Bonchev–Trinajstić information content (AvgIpc) is 2.55. The first-order valence-corrected chi connectivity index (χ1v) is 5.49. The number of carbonyl (C=O) groups is 1. The van der Waals surface area contributed by atoms with Crippen molar-refractivity contribution in [3.05, 3.63) is 23.0 Å². The number of nitrogen functional groups attached to an aromatic ring is 1. The molecule has 0 spiro atoms. The smallest absolute Gasteiger partial charge is 0.357 e. The Morgan fingerprint density at radius 3 is 2.65 bits per heavy atom. The largest absolute Gasteiger partial charge is 0.461 e. The van der Waals surface area contributed by atoms with Crippen molar-refractivity contribution in [1.29, 1.82) is 0 Å². The van der Waals surface area contributed by atoms with Crippen LogP contribution in [0, 0.1) is 6.92 Å². The van der Waals surface area contributed by atoms with Crippen molar-refractivity contribution in [2.75, 3.05) is 19.1 Å². The maximum Gasteiger partial charge on any atom is 0.357 e. The molecule has 1 aromatic rings. The Morgan fingerprint density at radius 1 is 1.35 bits per heavy atom. The lowest BCUT2D eigenvalue weighted by Crippen LogP contribution is -2.18. The topological polar surface area (TPSA) is 75.7 Å². The van der Waals surface area contributed by atoms with Crippen LogP contribution < -0.4 is 5.84 Å². The van der Waals surface area contributed by atoms with Gasteiger partial charge < -0.3 is 10.6 Å². The normalized spacial score (nSPS) is 10.5. The Labute approximate surface area is 100 Å². The Kier molecular flexibility index (Phi) is 4.99. The summed E-state index contributed by atoms with van der Waals surface area (Å²) in [6.07, 6.45) is 1.63. The minimum absolute atomic E-state index is 0.246. The highest BCUT2D eigenvalue weighted by molar-refractivity contribution is 5.89. The maximum atomic E-state index is 11.6. The van der Waals surface area contributed by atoms with Crippen molar-refractivity contribution in [2.24, 2.45) is 0 Å². The molecule has 1 rings (SSSR count). The van der Waals surface area contributed by atoms with Gasteiger partial charge in [-0.15, -0.1) is 0 Å². The fourth-order valence-electron chi connectivity index (χ4n) is 1.47. The van der Waals surface area contributed by atoms with Crippen LogP contribution in [0.15, 0.2) is 6.20 Å². The summed E-state index contributed by atoms with van der Waals surface area (Å²) in [6, 6.07) is 0. The lowest BCUT2D eigenvalue weighted by molar-refractivity contribution is -0.300. The third-order valence-corrected chi connectivity index (χ3v) is 2.27. The average molecular weight is 242 g/mol. The van der Waals surface area contributed by atoms with Gasteiger partial charge in [0.25, 0.3) is 0 Å². The first-order valence-electron chi connectivity index (χ1n) is 5.49. The molecule has 6 nitrogen and oxygen atoms in total. The van der Waals surface area contributed by atoms with Gasteiger partial charge in [-0.05, 0) is 26.3 Å². The fraction of sp³-hybridized carbons (Fsp3) is 0.545. The molecule has 0 amide bonds. The summed E-state index contributed by atoms with van der Waals surface area (Å²) >= 11 is 0.